The molecule has 0 heterocycles. The van der Waals surface area contributed by atoms with E-state index < -0.39 is 0 Å². The van der Waals surface area contributed by atoms with E-state index in [2.05, 4.69) is 21.2 Å². The SMILES string of the molecule is Nc1ccccc1NC(=O)CCCOc1ccccc1Br. The lowest BCUT2D eigenvalue weighted by Gasteiger charge is -2.09. The van der Waals surface area contributed by atoms with Gasteiger partial charge in [0.25, 0.3) is 0 Å². The maximum absolute atomic E-state index is 11.8. The van der Waals surface area contributed by atoms with Crippen LogP contribution in [0.5, 0.6) is 5.75 Å². The highest BCUT2D eigenvalue weighted by molar-refractivity contribution is 9.10. The monoisotopic (exact) mass is 348 g/mol. The van der Waals surface area contributed by atoms with Crippen LogP contribution in [0.1, 0.15) is 12.8 Å². The Balaban J connectivity index is 1.73. The molecule has 0 radical (unpaired) electrons. The molecule has 3 N–H and O–H groups in total. The maximum Gasteiger partial charge on any atom is 0.224 e. The second-order valence-corrected chi connectivity index (χ2v) is 5.37. The van der Waals surface area contributed by atoms with E-state index in [1.165, 1.54) is 0 Å². The molecule has 0 aliphatic rings. The number of nitrogen functional groups attached to an aromatic ring is 1. The molecule has 110 valence electrons. The topological polar surface area (TPSA) is 64.3 Å². The van der Waals surface area contributed by atoms with Crippen molar-refractivity contribution in [3.63, 3.8) is 0 Å². The number of rotatable bonds is 6. The zero-order chi connectivity index (χ0) is 15.1. The first-order valence-electron chi connectivity index (χ1n) is 6.68. The molecule has 2 rings (SSSR count). The van der Waals surface area contributed by atoms with E-state index in [0.29, 0.717) is 30.8 Å². The number of amides is 1. The fraction of sp³-hybridized carbons (Fsp3) is 0.188. The molecular formula is C16H17BrN2O2. The fourth-order valence-electron chi connectivity index (χ4n) is 1.80. The van der Waals surface area contributed by atoms with Gasteiger partial charge in [0.2, 0.25) is 5.91 Å². The second kappa shape index (κ2) is 7.69. The van der Waals surface area contributed by atoms with Crippen LogP contribution in [-0.4, -0.2) is 12.5 Å². The first-order chi connectivity index (χ1) is 10.2. The summed E-state index contributed by atoms with van der Waals surface area (Å²) in [4.78, 5) is 11.8. The standard InChI is InChI=1S/C16H17BrN2O2/c17-12-6-1-4-9-15(12)21-11-5-10-16(20)19-14-8-3-2-7-13(14)18/h1-4,6-9H,5,10-11,18H2,(H,19,20). The number of halogens is 1. The minimum atomic E-state index is -0.0661. The summed E-state index contributed by atoms with van der Waals surface area (Å²) in [7, 11) is 0. The highest BCUT2D eigenvalue weighted by Gasteiger charge is 2.05. The second-order valence-electron chi connectivity index (χ2n) is 4.52. The highest BCUT2D eigenvalue weighted by Crippen LogP contribution is 2.24. The lowest BCUT2D eigenvalue weighted by molar-refractivity contribution is -0.116. The van der Waals surface area contributed by atoms with Gasteiger partial charge in [0.05, 0.1) is 22.5 Å². The van der Waals surface area contributed by atoms with Gasteiger partial charge in [0.1, 0.15) is 5.75 Å². The summed E-state index contributed by atoms with van der Waals surface area (Å²) in [5.74, 6) is 0.717. The lowest BCUT2D eigenvalue weighted by Crippen LogP contribution is -2.13. The smallest absolute Gasteiger partial charge is 0.224 e. The maximum atomic E-state index is 11.8. The van der Waals surface area contributed by atoms with E-state index in [1.807, 2.05) is 36.4 Å². The molecule has 0 aliphatic heterocycles. The van der Waals surface area contributed by atoms with Crippen molar-refractivity contribution in [3.05, 3.63) is 53.0 Å². The van der Waals surface area contributed by atoms with Crippen LogP contribution in [0.3, 0.4) is 0 Å². The van der Waals surface area contributed by atoms with E-state index in [-0.39, 0.29) is 5.91 Å². The molecule has 2 aromatic rings. The molecule has 21 heavy (non-hydrogen) atoms. The normalized spacial score (nSPS) is 10.1. The number of carbonyl (C=O) groups is 1. The molecule has 4 nitrogen and oxygen atoms in total. The van der Waals surface area contributed by atoms with Crippen LogP contribution in [0.2, 0.25) is 0 Å². The summed E-state index contributed by atoms with van der Waals surface area (Å²) in [5, 5.41) is 2.79. The molecule has 2 aromatic carbocycles. The van der Waals surface area contributed by atoms with Crippen LogP contribution < -0.4 is 15.8 Å². The molecule has 0 bridgehead atoms. The molecule has 0 aliphatic carbocycles. The minimum Gasteiger partial charge on any atom is -0.492 e. The number of benzene rings is 2. The number of hydrogen-bond donors (Lipinski definition) is 2. The van der Waals surface area contributed by atoms with Gasteiger partial charge >= 0.3 is 0 Å². The summed E-state index contributed by atoms with van der Waals surface area (Å²) in [6.07, 6.45) is 1.03. The predicted molar refractivity (Wildman–Crippen MR) is 88.4 cm³/mol. The predicted octanol–water partition coefficient (Wildman–Crippen LogP) is 3.83. The summed E-state index contributed by atoms with van der Waals surface area (Å²) in [5.41, 5.74) is 6.98. The van der Waals surface area contributed by atoms with Crippen LogP contribution >= 0.6 is 15.9 Å². The number of carbonyl (C=O) groups excluding carboxylic acids is 1. The largest absolute Gasteiger partial charge is 0.492 e. The highest BCUT2D eigenvalue weighted by atomic mass is 79.9. The average Bonchev–Trinajstić information content (AvgIpc) is 2.48. The zero-order valence-electron chi connectivity index (χ0n) is 11.5. The van der Waals surface area contributed by atoms with Crippen molar-refractivity contribution in [2.75, 3.05) is 17.7 Å². The van der Waals surface area contributed by atoms with Crippen molar-refractivity contribution in [1.82, 2.24) is 0 Å². The van der Waals surface area contributed by atoms with Gasteiger partial charge in [-0.15, -0.1) is 0 Å². The third kappa shape index (κ3) is 4.79. The molecule has 0 saturated carbocycles. The fourth-order valence-corrected chi connectivity index (χ4v) is 2.20. The molecule has 0 atom stereocenters. The van der Waals surface area contributed by atoms with Crippen LogP contribution in [0, 0.1) is 0 Å². The Kier molecular flexibility index (Phi) is 5.63. The van der Waals surface area contributed by atoms with Crippen LogP contribution in [-0.2, 0) is 4.79 Å². The van der Waals surface area contributed by atoms with Crippen molar-refractivity contribution in [1.29, 1.82) is 0 Å². The first-order valence-corrected chi connectivity index (χ1v) is 7.48. The van der Waals surface area contributed by atoms with Gasteiger partial charge < -0.3 is 15.8 Å². The molecule has 5 heteroatoms. The number of nitrogens with one attached hydrogen (secondary N) is 1. The van der Waals surface area contributed by atoms with E-state index in [9.17, 15) is 4.79 Å². The molecule has 0 unspecified atom stereocenters. The van der Waals surface area contributed by atoms with E-state index in [1.54, 1.807) is 12.1 Å². The van der Waals surface area contributed by atoms with Crippen molar-refractivity contribution >= 4 is 33.2 Å². The number of ether oxygens (including phenoxy) is 1. The van der Waals surface area contributed by atoms with Gasteiger partial charge in [0, 0.05) is 6.42 Å². The van der Waals surface area contributed by atoms with Gasteiger partial charge in [0.15, 0.2) is 0 Å². The quantitative estimate of drug-likeness (QED) is 0.615. The molecule has 0 saturated heterocycles. The van der Waals surface area contributed by atoms with Crippen molar-refractivity contribution < 1.29 is 9.53 Å². The van der Waals surface area contributed by atoms with Crippen LogP contribution in [0.25, 0.3) is 0 Å². The van der Waals surface area contributed by atoms with Crippen molar-refractivity contribution in [3.8, 4) is 5.75 Å². The van der Waals surface area contributed by atoms with E-state index >= 15 is 0 Å². The number of nitrogens with two attached hydrogens (primary N) is 1. The number of para-hydroxylation sites is 3. The Morgan fingerprint density at radius 3 is 2.62 bits per heavy atom. The third-order valence-electron chi connectivity index (χ3n) is 2.88. The van der Waals surface area contributed by atoms with Gasteiger partial charge in [-0.3, -0.25) is 4.79 Å². The molecule has 0 spiro atoms. The third-order valence-corrected chi connectivity index (χ3v) is 3.53. The zero-order valence-corrected chi connectivity index (χ0v) is 13.1. The molecule has 0 fully saturated rings. The van der Waals surface area contributed by atoms with Gasteiger partial charge in [-0.05, 0) is 46.6 Å². The van der Waals surface area contributed by atoms with Crippen LogP contribution in [0.4, 0.5) is 11.4 Å². The van der Waals surface area contributed by atoms with Gasteiger partial charge in [-0.25, -0.2) is 0 Å². The van der Waals surface area contributed by atoms with Crippen molar-refractivity contribution in [2.24, 2.45) is 0 Å². The first kappa shape index (κ1) is 15.4. The Morgan fingerprint density at radius 2 is 1.86 bits per heavy atom. The minimum absolute atomic E-state index is 0.0661. The molecule has 0 aromatic heterocycles. The summed E-state index contributed by atoms with van der Waals surface area (Å²) in [6, 6.07) is 14.8. The summed E-state index contributed by atoms with van der Waals surface area (Å²) < 4.78 is 6.52. The molecular weight excluding hydrogens is 332 g/mol. The molecule has 1 amide bonds. The Morgan fingerprint density at radius 1 is 1.14 bits per heavy atom. The van der Waals surface area contributed by atoms with Gasteiger partial charge in [-0.2, -0.15) is 0 Å². The Hall–Kier alpha value is -2.01. The van der Waals surface area contributed by atoms with Crippen molar-refractivity contribution in [2.45, 2.75) is 12.8 Å². The van der Waals surface area contributed by atoms with Crippen LogP contribution in [0.15, 0.2) is 53.0 Å². The number of anilines is 2. The average molecular weight is 349 g/mol. The Labute approximate surface area is 132 Å². The van der Waals surface area contributed by atoms with E-state index in [0.717, 1.165) is 10.2 Å². The lowest BCUT2D eigenvalue weighted by atomic mass is 10.2. The summed E-state index contributed by atoms with van der Waals surface area (Å²) in [6.45, 7) is 0.486. The summed E-state index contributed by atoms with van der Waals surface area (Å²) >= 11 is 3.41. The Bertz CT molecular complexity index is 617. The number of hydrogen-bond acceptors (Lipinski definition) is 3. The van der Waals surface area contributed by atoms with Gasteiger partial charge in [-0.1, -0.05) is 24.3 Å². The van der Waals surface area contributed by atoms with E-state index in [4.69, 9.17) is 10.5 Å².